The van der Waals surface area contributed by atoms with E-state index in [1.165, 1.54) is 0 Å². The molecule has 0 amide bonds. The summed E-state index contributed by atoms with van der Waals surface area (Å²) >= 11 is 3.40. The summed E-state index contributed by atoms with van der Waals surface area (Å²) in [5.74, 6) is 0. The number of benzene rings is 2. The Labute approximate surface area is 111 Å². The van der Waals surface area contributed by atoms with Crippen LogP contribution in [0.25, 0.3) is 21.5 Å². The molecule has 3 rings (SSSR count). The first-order valence-corrected chi connectivity index (χ1v) is 6.14. The Hall–Kier alpha value is -2.12. The minimum absolute atomic E-state index is 0.173. The van der Waals surface area contributed by atoms with E-state index < -0.39 is 0 Å². The summed E-state index contributed by atoms with van der Waals surface area (Å²) in [6.07, 6.45) is 1.56. The molecule has 0 unspecified atom stereocenters. The standard InChI is InChI=1S/C14H7BrN2O/c15-10-2-1-8-5-9(7-16)11-3-4-17-14(18)13(11)12(8)6-10/h1-6H,(H,17,18). The Bertz CT molecular complexity index is 874. The zero-order valence-corrected chi connectivity index (χ0v) is 10.8. The third-order valence-corrected chi connectivity index (χ3v) is 3.45. The van der Waals surface area contributed by atoms with E-state index in [1.807, 2.05) is 24.3 Å². The highest BCUT2D eigenvalue weighted by Crippen LogP contribution is 2.28. The van der Waals surface area contributed by atoms with Crippen LogP contribution in [0.15, 0.2) is 45.8 Å². The molecule has 0 aliphatic rings. The van der Waals surface area contributed by atoms with Crippen molar-refractivity contribution in [3.05, 3.63) is 56.9 Å². The van der Waals surface area contributed by atoms with Gasteiger partial charge < -0.3 is 4.98 Å². The molecule has 4 heteroatoms. The Kier molecular flexibility index (Phi) is 2.42. The van der Waals surface area contributed by atoms with Crippen molar-refractivity contribution < 1.29 is 0 Å². The summed E-state index contributed by atoms with van der Waals surface area (Å²) in [6.45, 7) is 0. The quantitative estimate of drug-likeness (QED) is 0.647. The van der Waals surface area contributed by atoms with Gasteiger partial charge in [0.2, 0.25) is 0 Å². The summed E-state index contributed by atoms with van der Waals surface area (Å²) in [5.41, 5.74) is 0.346. The van der Waals surface area contributed by atoms with Gasteiger partial charge in [0, 0.05) is 16.1 Å². The molecule has 0 saturated heterocycles. The predicted octanol–water partition coefficient (Wildman–Crippen LogP) is 3.32. The number of rotatable bonds is 0. The number of H-pyrrole nitrogens is 1. The molecule has 3 aromatic rings. The van der Waals surface area contributed by atoms with Crippen LogP contribution in [0.1, 0.15) is 5.56 Å². The van der Waals surface area contributed by atoms with E-state index in [2.05, 4.69) is 27.0 Å². The monoisotopic (exact) mass is 298 g/mol. The van der Waals surface area contributed by atoms with Gasteiger partial charge in [-0.2, -0.15) is 5.26 Å². The topological polar surface area (TPSA) is 56.6 Å². The Balaban J connectivity index is 2.71. The molecule has 0 fully saturated rings. The molecule has 18 heavy (non-hydrogen) atoms. The summed E-state index contributed by atoms with van der Waals surface area (Å²) < 4.78 is 0.907. The van der Waals surface area contributed by atoms with Crippen LogP contribution < -0.4 is 5.56 Å². The maximum Gasteiger partial charge on any atom is 0.256 e. The molecule has 0 radical (unpaired) electrons. The lowest BCUT2D eigenvalue weighted by Crippen LogP contribution is -2.05. The van der Waals surface area contributed by atoms with E-state index in [4.69, 9.17) is 5.26 Å². The van der Waals surface area contributed by atoms with Crippen molar-refractivity contribution in [1.29, 1.82) is 5.26 Å². The molecule has 1 aromatic heterocycles. The molecule has 2 aromatic carbocycles. The third-order valence-electron chi connectivity index (χ3n) is 2.96. The van der Waals surface area contributed by atoms with Crippen molar-refractivity contribution in [1.82, 2.24) is 4.98 Å². The number of aromatic nitrogens is 1. The van der Waals surface area contributed by atoms with E-state index in [-0.39, 0.29) is 5.56 Å². The average molecular weight is 299 g/mol. The fourth-order valence-corrected chi connectivity index (χ4v) is 2.53. The molecule has 0 aliphatic carbocycles. The fourth-order valence-electron chi connectivity index (χ4n) is 2.17. The van der Waals surface area contributed by atoms with E-state index in [0.29, 0.717) is 16.3 Å². The van der Waals surface area contributed by atoms with Crippen molar-refractivity contribution in [3.8, 4) is 6.07 Å². The van der Waals surface area contributed by atoms with Gasteiger partial charge in [-0.15, -0.1) is 0 Å². The van der Waals surface area contributed by atoms with Gasteiger partial charge >= 0.3 is 0 Å². The van der Waals surface area contributed by atoms with Gasteiger partial charge in [0.1, 0.15) is 0 Å². The smallest absolute Gasteiger partial charge is 0.256 e. The number of halogens is 1. The molecule has 1 N–H and O–H groups in total. The highest BCUT2D eigenvalue weighted by atomic mass is 79.9. The Morgan fingerprint density at radius 1 is 1.17 bits per heavy atom. The second-order valence-corrected chi connectivity index (χ2v) is 4.91. The van der Waals surface area contributed by atoms with Crippen LogP contribution in [0, 0.1) is 11.3 Å². The van der Waals surface area contributed by atoms with Crippen LogP contribution >= 0.6 is 15.9 Å². The van der Waals surface area contributed by atoms with Gasteiger partial charge in [-0.05, 0) is 35.0 Å². The first-order valence-electron chi connectivity index (χ1n) is 5.34. The van der Waals surface area contributed by atoms with Gasteiger partial charge in [0.25, 0.3) is 5.56 Å². The SMILES string of the molecule is N#Cc1cc2ccc(Br)cc2c2c(=O)[nH]ccc12. The molecule has 0 atom stereocenters. The van der Waals surface area contributed by atoms with Crippen LogP contribution in [0.4, 0.5) is 0 Å². The van der Waals surface area contributed by atoms with Gasteiger partial charge in [-0.3, -0.25) is 4.79 Å². The molecule has 0 saturated carbocycles. The van der Waals surface area contributed by atoms with Crippen LogP contribution in [0.3, 0.4) is 0 Å². The lowest BCUT2D eigenvalue weighted by atomic mass is 9.99. The lowest BCUT2D eigenvalue weighted by Gasteiger charge is -2.05. The lowest BCUT2D eigenvalue weighted by molar-refractivity contribution is 1.28. The molecule has 1 heterocycles. The van der Waals surface area contributed by atoms with Crippen LogP contribution in [-0.4, -0.2) is 4.98 Å². The predicted molar refractivity (Wildman–Crippen MR) is 74.5 cm³/mol. The van der Waals surface area contributed by atoms with Gasteiger partial charge in [0.15, 0.2) is 0 Å². The van der Waals surface area contributed by atoms with Crippen LogP contribution in [0.2, 0.25) is 0 Å². The average Bonchev–Trinajstić information content (AvgIpc) is 2.38. The van der Waals surface area contributed by atoms with Crippen LogP contribution in [0.5, 0.6) is 0 Å². The van der Waals surface area contributed by atoms with Crippen molar-refractivity contribution in [3.63, 3.8) is 0 Å². The maximum absolute atomic E-state index is 12.0. The second kappa shape index (κ2) is 3.97. The minimum atomic E-state index is -0.173. The number of fused-ring (bicyclic) bond motifs is 3. The third kappa shape index (κ3) is 1.52. The first kappa shape index (κ1) is 11.0. The maximum atomic E-state index is 12.0. The van der Waals surface area contributed by atoms with E-state index in [9.17, 15) is 4.79 Å². The summed E-state index contributed by atoms with van der Waals surface area (Å²) in [5, 5.41) is 12.2. The van der Waals surface area contributed by atoms with Crippen molar-refractivity contribution >= 4 is 37.5 Å². The zero-order valence-electron chi connectivity index (χ0n) is 9.20. The second-order valence-electron chi connectivity index (χ2n) is 4.00. The number of nitriles is 1. The summed E-state index contributed by atoms with van der Waals surface area (Å²) in [7, 11) is 0. The molecule has 0 bridgehead atoms. The summed E-state index contributed by atoms with van der Waals surface area (Å²) in [4.78, 5) is 14.6. The molecule has 3 nitrogen and oxygen atoms in total. The number of pyridine rings is 1. The molecular weight excluding hydrogens is 292 g/mol. The highest BCUT2D eigenvalue weighted by Gasteiger charge is 2.09. The van der Waals surface area contributed by atoms with Crippen LogP contribution in [-0.2, 0) is 0 Å². The molecular formula is C14H7BrN2O. The number of nitrogens with zero attached hydrogens (tertiary/aromatic N) is 1. The van der Waals surface area contributed by atoms with E-state index in [1.54, 1.807) is 12.3 Å². The van der Waals surface area contributed by atoms with Gasteiger partial charge in [-0.1, -0.05) is 22.0 Å². The fraction of sp³-hybridized carbons (Fsp3) is 0. The first-order chi connectivity index (χ1) is 8.70. The minimum Gasteiger partial charge on any atom is -0.329 e. The van der Waals surface area contributed by atoms with Crippen molar-refractivity contribution in [2.24, 2.45) is 0 Å². The number of aromatic amines is 1. The number of nitrogens with one attached hydrogen (secondary N) is 1. The molecule has 0 aliphatic heterocycles. The van der Waals surface area contributed by atoms with Crippen molar-refractivity contribution in [2.45, 2.75) is 0 Å². The Morgan fingerprint density at radius 3 is 2.78 bits per heavy atom. The van der Waals surface area contributed by atoms with Gasteiger partial charge in [-0.25, -0.2) is 0 Å². The Morgan fingerprint density at radius 2 is 2.00 bits per heavy atom. The number of hydrogen-bond acceptors (Lipinski definition) is 2. The molecule has 86 valence electrons. The van der Waals surface area contributed by atoms with E-state index >= 15 is 0 Å². The van der Waals surface area contributed by atoms with Gasteiger partial charge in [0.05, 0.1) is 17.0 Å². The summed E-state index contributed by atoms with van der Waals surface area (Å²) in [6, 6.07) is 11.4. The largest absolute Gasteiger partial charge is 0.329 e. The van der Waals surface area contributed by atoms with Crippen molar-refractivity contribution in [2.75, 3.05) is 0 Å². The number of hydrogen-bond donors (Lipinski definition) is 1. The highest BCUT2D eigenvalue weighted by molar-refractivity contribution is 9.10. The molecule has 0 spiro atoms. The zero-order chi connectivity index (χ0) is 12.7. The van der Waals surface area contributed by atoms with E-state index in [0.717, 1.165) is 15.2 Å². The normalized spacial score (nSPS) is 10.7.